The Morgan fingerprint density at radius 3 is 2.36 bits per heavy atom. The fourth-order valence-corrected chi connectivity index (χ4v) is 2.19. The van der Waals surface area contributed by atoms with Gasteiger partial charge in [-0.05, 0) is 24.1 Å². The Morgan fingerprint density at radius 2 is 1.80 bits per heavy atom. The number of esters is 2. The molecule has 0 aliphatic heterocycles. The molecule has 136 valence electrons. The van der Waals surface area contributed by atoms with E-state index in [9.17, 15) is 19.2 Å². The molecule has 1 aromatic carbocycles. The Labute approximate surface area is 145 Å². The molecule has 0 aromatic heterocycles. The maximum Gasteiger partial charge on any atom is 0.328 e. The van der Waals surface area contributed by atoms with Crippen LogP contribution in [0.5, 0.6) is 0 Å². The van der Waals surface area contributed by atoms with Crippen molar-refractivity contribution in [3.63, 3.8) is 0 Å². The molecule has 0 aliphatic carbocycles. The van der Waals surface area contributed by atoms with Gasteiger partial charge in [0.2, 0.25) is 5.91 Å². The second-order valence-electron chi connectivity index (χ2n) is 5.49. The number of ether oxygens (including phenoxy) is 2. The molecular formula is C17H22N2O6. The first-order chi connectivity index (χ1) is 11.8. The lowest BCUT2D eigenvalue weighted by Crippen LogP contribution is -2.46. The van der Waals surface area contributed by atoms with Crippen molar-refractivity contribution in [2.24, 2.45) is 5.92 Å². The quantitative estimate of drug-likeness (QED) is 0.713. The minimum Gasteiger partial charge on any atom is -0.469 e. The summed E-state index contributed by atoms with van der Waals surface area (Å²) in [7, 11) is 2.44. The fourth-order valence-electron chi connectivity index (χ4n) is 2.19. The summed E-state index contributed by atoms with van der Waals surface area (Å²) in [6.45, 7) is 2.99. The molecule has 2 N–H and O–H groups in total. The van der Waals surface area contributed by atoms with E-state index in [1.54, 1.807) is 25.1 Å². The van der Waals surface area contributed by atoms with E-state index in [-0.39, 0.29) is 17.9 Å². The van der Waals surface area contributed by atoms with Crippen molar-refractivity contribution in [1.82, 2.24) is 5.32 Å². The molecule has 1 aromatic rings. The molecule has 0 saturated heterocycles. The lowest BCUT2D eigenvalue weighted by molar-refractivity contribution is -0.146. The highest BCUT2D eigenvalue weighted by Crippen LogP contribution is 2.14. The lowest BCUT2D eigenvalue weighted by atomic mass is 9.97. The molecule has 0 spiro atoms. The van der Waals surface area contributed by atoms with Crippen LogP contribution in [0, 0.1) is 5.92 Å². The van der Waals surface area contributed by atoms with E-state index in [1.165, 1.54) is 27.2 Å². The van der Waals surface area contributed by atoms with Crippen molar-refractivity contribution in [2.75, 3.05) is 19.5 Å². The Bertz CT molecular complexity index is 658. The smallest absolute Gasteiger partial charge is 0.328 e. The standard InChI is InChI=1S/C17H22N2O6/c1-10(8-14(21)24-3)15(17(23)25-4)19-16(22)12-6-5-7-13(9-12)18-11(2)20/h5-7,9-10,15H,8H2,1-4H3,(H,18,20)(H,19,22)/t10-,15+/m1/s1. The van der Waals surface area contributed by atoms with E-state index in [2.05, 4.69) is 15.4 Å². The molecule has 2 atom stereocenters. The predicted octanol–water partition coefficient (Wildman–Crippen LogP) is 1.12. The van der Waals surface area contributed by atoms with Crippen LogP contribution < -0.4 is 10.6 Å². The summed E-state index contributed by atoms with van der Waals surface area (Å²) in [4.78, 5) is 46.9. The molecule has 25 heavy (non-hydrogen) atoms. The summed E-state index contributed by atoms with van der Waals surface area (Å²) in [6, 6.07) is 5.25. The molecule has 0 radical (unpaired) electrons. The molecule has 1 rings (SSSR count). The van der Waals surface area contributed by atoms with Gasteiger partial charge < -0.3 is 20.1 Å². The number of anilines is 1. The first-order valence-electron chi connectivity index (χ1n) is 7.61. The minimum atomic E-state index is -1.01. The number of hydrogen-bond acceptors (Lipinski definition) is 6. The van der Waals surface area contributed by atoms with Crippen LogP contribution >= 0.6 is 0 Å². The van der Waals surface area contributed by atoms with Crippen molar-refractivity contribution in [3.05, 3.63) is 29.8 Å². The number of nitrogens with one attached hydrogen (secondary N) is 2. The van der Waals surface area contributed by atoms with Crippen LogP contribution in [0.4, 0.5) is 5.69 Å². The molecule has 8 nitrogen and oxygen atoms in total. The van der Waals surface area contributed by atoms with Gasteiger partial charge in [0.15, 0.2) is 0 Å². The molecule has 0 saturated carbocycles. The van der Waals surface area contributed by atoms with Crippen molar-refractivity contribution < 1.29 is 28.7 Å². The first kappa shape index (κ1) is 20.1. The van der Waals surface area contributed by atoms with Crippen molar-refractivity contribution in [2.45, 2.75) is 26.3 Å². The van der Waals surface area contributed by atoms with Gasteiger partial charge in [0.1, 0.15) is 6.04 Å². The predicted molar refractivity (Wildman–Crippen MR) is 89.8 cm³/mol. The third kappa shape index (κ3) is 6.25. The van der Waals surface area contributed by atoms with Crippen LogP contribution in [0.15, 0.2) is 24.3 Å². The molecule has 0 fully saturated rings. The van der Waals surface area contributed by atoms with Crippen LogP contribution in [-0.2, 0) is 23.9 Å². The van der Waals surface area contributed by atoms with Gasteiger partial charge >= 0.3 is 11.9 Å². The second kappa shape index (κ2) is 9.41. The van der Waals surface area contributed by atoms with Gasteiger partial charge in [0, 0.05) is 18.2 Å². The number of benzene rings is 1. The highest BCUT2D eigenvalue weighted by molar-refractivity contribution is 5.98. The normalized spacial score (nSPS) is 12.5. The van der Waals surface area contributed by atoms with Gasteiger partial charge in [-0.2, -0.15) is 0 Å². The number of methoxy groups -OCH3 is 2. The van der Waals surface area contributed by atoms with Gasteiger partial charge in [-0.1, -0.05) is 13.0 Å². The second-order valence-corrected chi connectivity index (χ2v) is 5.49. The Morgan fingerprint density at radius 1 is 1.12 bits per heavy atom. The Hall–Kier alpha value is -2.90. The van der Waals surface area contributed by atoms with Crippen molar-refractivity contribution in [3.8, 4) is 0 Å². The summed E-state index contributed by atoms with van der Waals surface area (Å²) >= 11 is 0. The average molecular weight is 350 g/mol. The van der Waals surface area contributed by atoms with E-state index >= 15 is 0 Å². The first-order valence-corrected chi connectivity index (χ1v) is 7.61. The Balaban J connectivity index is 2.92. The van der Waals surface area contributed by atoms with Crippen LogP contribution in [0.25, 0.3) is 0 Å². The largest absolute Gasteiger partial charge is 0.469 e. The van der Waals surface area contributed by atoms with Gasteiger partial charge in [-0.25, -0.2) is 4.79 Å². The van der Waals surface area contributed by atoms with E-state index < -0.39 is 29.8 Å². The molecular weight excluding hydrogens is 328 g/mol. The van der Waals surface area contributed by atoms with Crippen LogP contribution in [-0.4, -0.2) is 44.0 Å². The highest BCUT2D eigenvalue weighted by atomic mass is 16.5. The van der Waals surface area contributed by atoms with Gasteiger partial charge in [0.25, 0.3) is 5.91 Å². The van der Waals surface area contributed by atoms with E-state index in [0.29, 0.717) is 5.69 Å². The van der Waals surface area contributed by atoms with Crippen LogP contribution in [0.3, 0.4) is 0 Å². The zero-order valence-electron chi connectivity index (χ0n) is 14.6. The lowest BCUT2D eigenvalue weighted by Gasteiger charge is -2.22. The average Bonchev–Trinajstić information content (AvgIpc) is 2.58. The zero-order chi connectivity index (χ0) is 19.0. The van der Waals surface area contributed by atoms with Crippen molar-refractivity contribution in [1.29, 1.82) is 0 Å². The number of amides is 2. The molecule has 2 amide bonds. The van der Waals surface area contributed by atoms with E-state index in [4.69, 9.17) is 4.74 Å². The molecule has 0 aliphatic rings. The van der Waals surface area contributed by atoms with Crippen molar-refractivity contribution >= 4 is 29.4 Å². The summed E-state index contributed by atoms with van der Waals surface area (Å²) in [5.74, 6) is -2.48. The summed E-state index contributed by atoms with van der Waals surface area (Å²) in [5, 5.41) is 5.13. The molecule has 0 unspecified atom stereocenters. The minimum absolute atomic E-state index is 0.0531. The Kier molecular flexibility index (Phi) is 7.58. The summed E-state index contributed by atoms with van der Waals surface area (Å²) in [5.41, 5.74) is 0.711. The summed E-state index contributed by atoms with van der Waals surface area (Å²) in [6.07, 6.45) is -0.0531. The third-order valence-corrected chi connectivity index (χ3v) is 3.47. The van der Waals surface area contributed by atoms with Crippen LogP contribution in [0.1, 0.15) is 30.6 Å². The van der Waals surface area contributed by atoms with E-state index in [0.717, 1.165) is 0 Å². The maximum absolute atomic E-state index is 12.4. The fraction of sp³-hybridized carbons (Fsp3) is 0.412. The SMILES string of the molecule is COC(=O)C[C@@H](C)[C@H](NC(=O)c1cccc(NC(C)=O)c1)C(=O)OC. The zero-order valence-corrected chi connectivity index (χ0v) is 14.6. The maximum atomic E-state index is 12.4. The number of carbonyl (C=O) groups is 4. The molecule has 0 heterocycles. The topological polar surface area (TPSA) is 111 Å². The number of carbonyl (C=O) groups excluding carboxylic acids is 4. The highest BCUT2D eigenvalue weighted by Gasteiger charge is 2.30. The molecule has 0 bridgehead atoms. The van der Waals surface area contributed by atoms with Crippen LogP contribution in [0.2, 0.25) is 0 Å². The van der Waals surface area contributed by atoms with Gasteiger partial charge in [-0.15, -0.1) is 0 Å². The number of hydrogen-bond donors (Lipinski definition) is 2. The monoisotopic (exact) mass is 350 g/mol. The number of rotatable bonds is 7. The molecule has 8 heteroatoms. The van der Waals surface area contributed by atoms with Gasteiger partial charge in [-0.3, -0.25) is 14.4 Å². The van der Waals surface area contributed by atoms with E-state index in [1.807, 2.05) is 0 Å². The third-order valence-electron chi connectivity index (χ3n) is 3.47. The van der Waals surface area contributed by atoms with Gasteiger partial charge in [0.05, 0.1) is 20.6 Å². The summed E-state index contributed by atoms with van der Waals surface area (Å²) < 4.78 is 9.28.